The molecule has 0 aromatic carbocycles. The number of rotatable bonds is 6. The zero-order chi connectivity index (χ0) is 14.6. The molecule has 0 bridgehead atoms. The number of alkyl halides is 3. The van der Waals surface area contributed by atoms with Gasteiger partial charge in [0.05, 0.1) is 16.4 Å². The molecular formula is C12H19ClF3N3. The Morgan fingerprint density at radius 2 is 2.00 bits per heavy atom. The van der Waals surface area contributed by atoms with Gasteiger partial charge < -0.3 is 5.32 Å². The van der Waals surface area contributed by atoms with Gasteiger partial charge in [-0.05, 0) is 19.4 Å². The second-order valence-corrected chi connectivity index (χ2v) is 4.81. The third-order valence-corrected chi connectivity index (χ3v) is 3.37. The molecule has 0 radical (unpaired) electrons. The Morgan fingerprint density at radius 3 is 2.42 bits per heavy atom. The fourth-order valence-electron chi connectivity index (χ4n) is 1.86. The summed E-state index contributed by atoms with van der Waals surface area (Å²) >= 11 is 6.08. The summed E-state index contributed by atoms with van der Waals surface area (Å²) < 4.78 is 40.3. The van der Waals surface area contributed by atoms with Gasteiger partial charge >= 0.3 is 6.18 Å². The van der Waals surface area contributed by atoms with Crippen molar-refractivity contribution in [1.29, 1.82) is 0 Å². The molecule has 0 aliphatic rings. The molecule has 0 saturated heterocycles. The third-order valence-electron chi connectivity index (χ3n) is 2.94. The van der Waals surface area contributed by atoms with E-state index in [1.807, 2.05) is 13.8 Å². The smallest absolute Gasteiger partial charge is 0.306 e. The van der Waals surface area contributed by atoms with Crippen molar-refractivity contribution in [2.24, 2.45) is 7.05 Å². The zero-order valence-electron chi connectivity index (χ0n) is 11.3. The molecular weight excluding hydrogens is 279 g/mol. The number of hydrogen-bond donors (Lipinski definition) is 1. The van der Waals surface area contributed by atoms with E-state index < -0.39 is 12.2 Å². The molecule has 3 nitrogen and oxygen atoms in total. The van der Waals surface area contributed by atoms with Crippen LogP contribution in [-0.2, 0) is 19.9 Å². The largest absolute Gasteiger partial charge is 0.404 e. The molecule has 0 saturated carbocycles. The van der Waals surface area contributed by atoms with Crippen LogP contribution in [0.5, 0.6) is 0 Å². The van der Waals surface area contributed by atoms with Crippen molar-refractivity contribution in [2.45, 2.75) is 45.3 Å². The Hall–Kier alpha value is -0.750. The van der Waals surface area contributed by atoms with E-state index in [-0.39, 0.29) is 6.42 Å². The maximum atomic E-state index is 12.9. The van der Waals surface area contributed by atoms with Gasteiger partial charge in [0, 0.05) is 13.5 Å². The van der Waals surface area contributed by atoms with E-state index >= 15 is 0 Å². The normalized spacial score (nSPS) is 13.8. The lowest BCUT2D eigenvalue weighted by Gasteiger charge is -2.21. The van der Waals surface area contributed by atoms with Gasteiger partial charge in [0.15, 0.2) is 0 Å². The predicted molar refractivity (Wildman–Crippen MR) is 69.4 cm³/mol. The quantitative estimate of drug-likeness (QED) is 0.874. The van der Waals surface area contributed by atoms with Crippen LogP contribution in [0.25, 0.3) is 0 Å². The van der Waals surface area contributed by atoms with Gasteiger partial charge in [-0.3, -0.25) is 4.68 Å². The van der Waals surface area contributed by atoms with Gasteiger partial charge in [0.1, 0.15) is 6.04 Å². The molecule has 1 aromatic heterocycles. The Kier molecular flexibility index (Phi) is 5.67. The van der Waals surface area contributed by atoms with Gasteiger partial charge in [-0.25, -0.2) is 0 Å². The summed E-state index contributed by atoms with van der Waals surface area (Å²) in [6.07, 6.45) is -3.25. The van der Waals surface area contributed by atoms with E-state index in [1.54, 1.807) is 7.05 Å². The highest BCUT2D eigenvalue weighted by molar-refractivity contribution is 6.31. The molecule has 1 atom stereocenters. The van der Waals surface area contributed by atoms with Crippen molar-refractivity contribution in [3.05, 3.63) is 16.4 Å². The summed E-state index contributed by atoms with van der Waals surface area (Å²) in [5.41, 5.74) is 1.06. The molecule has 1 aromatic rings. The lowest BCUT2D eigenvalue weighted by Crippen LogP contribution is -2.44. The SMILES string of the molecule is CCCNC(Cc1c(Cl)c(CC)nn1C)C(F)(F)F. The van der Waals surface area contributed by atoms with Crippen LogP contribution >= 0.6 is 11.6 Å². The highest BCUT2D eigenvalue weighted by atomic mass is 35.5. The van der Waals surface area contributed by atoms with Gasteiger partial charge in [0.25, 0.3) is 0 Å². The second kappa shape index (κ2) is 6.61. The predicted octanol–water partition coefficient (Wildman–Crippen LogP) is 3.11. The molecule has 7 heteroatoms. The molecule has 0 amide bonds. The van der Waals surface area contributed by atoms with Crippen molar-refractivity contribution < 1.29 is 13.2 Å². The molecule has 110 valence electrons. The van der Waals surface area contributed by atoms with Crippen LogP contribution < -0.4 is 5.32 Å². The van der Waals surface area contributed by atoms with E-state index in [0.717, 1.165) is 0 Å². The van der Waals surface area contributed by atoms with E-state index in [0.29, 0.717) is 35.8 Å². The number of nitrogens with one attached hydrogen (secondary N) is 1. The molecule has 0 fully saturated rings. The van der Waals surface area contributed by atoms with Crippen LogP contribution in [0.1, 0.15) is 31.7 Å². The Morgan fingerprint density at radius 1 is 1.37 bits per heavy atom. The summed E-state index contributed by atoms with van der Waals surface area (Å²) in [5.74, 6) is 0. The first-order valence-corrected chi connectivity index (χ1v) is 6.69. The third kappa shape index (κ3) is 4.11. The first-order chi connectivity index (χ1) is 8.81. The minimum Gasteiger partial charge on any atom is -0.306 e. The lowest BCUT2D eigenvalue weighted by molar-refractivity contribution is -0.155. The van der Waals surface area contributed by atoms with Crippen molar-refractivity contribution in [1.82, 2.24) is 15.1 Å². The lowest BCUT2D eigenvalue weighted by atomic mass is 10.1. The van der Waals surface area contributed by atoms with Gasteiger partial charge in [0.2, 0.25) is 0 Å². The van der Waals surface area contributed by atoms with Crippen molar-refractivity contribution in [2.75, 3.05) is 6.54 Å². The van der Waals surface area contributed by atoms with Crippen LogP contribution in [-0.4, -0.2) is 28.5 Å². The van der Waals surface area contributed by atoms with Crippen LogP contribution in [0.4, 0.5) is 13.2 Å². The minimum atomic E-state index is -4.30. The first kappa shape index (κ1) is 16.3. The number of aryl methyl sites for hydroxylation is 2. The Labute approximate surface area is 116 Å². The highest BCUT2D eigenvalue weighted by Gasteiger charge is 2.40. The Bertz CT molecular complexity index is 415. The highest BCUT2D eigenvalue weighted by Crippen LogP contribution is 2.27. The molecule has 19 heavy (non-hydrogen) atoms. The molecule has 0 aliphatic carbocycles. The average molecular weight is 298 g/mol. The van der Waals surface area contributed by atoms with Crippen LogP contribution in [0.3, 0.4) is 0 Å². The van der Waals surface area contributed by atoms with Crippen LogP contribution in [0.15, 0.2) is 0 Å². The fourth-order valence-corrected chi connectivity index (χ4v) is 2.23. The van der Waals surface area contributed by atoms with Crippen molar-refractivity contribution >= 4 is 11.6 Å². The standard InChI is InChI=1S/C12H19ClF3N3/c1-4-6-17-10(12(14,15)16)7-9-11(13)8(5-2)18-19(9)3/h10,17H,4-7H2,1-3H3. The number of aromatic nitrogens is 2. The van der Waals surface area contributed by atoms with E-state index in [9.17, 15) is 13.2 Å². The number of halogens is 4. The summed E-state index contributed by atoms with van der Waals surface area (Å²) in [7, 11) is 1.62. The molecule has 0 aliphatic heterocycles. The maximum Gasteiger partial charge on any atom is 0.404 e. The summed E-state index contributed by atoms with van der Waals surface area (Å²) in [6.45, 7) is 4.02. The van der Waals surface area contributed by atoms with Crippen molar-refractivity contribution in [3.63, 3.8) is 0 Å². The van der Waals surface area contributed by atoms with E-state index in [2.05, 4.69) is 10.4 Å². The molecule has 1 N–H and O–H groups in total. The maximum absolute atomic E-state index is 12.9. The van der Waals surface area contributed by atoms with Crippen molar-refractivity contribution in [3.8, 4) is 0 Å². The Balaban J connectivity index is 2.93. The monoisotopic (exact) mass is 297 g/mol. The molecule has 0 spiro atoms. The minimum absolute atomic E-state index is 0.203. The number of nitrogens with zero attached hydrogens (tertiary/aromatic N) is 2. The molecule has 1 unspecified atom stereocenters. The molecule has 1 heterocycles. The average Bonchev–Trinajstić information content (AvgIpc) is 2.59. The van der Waals surface area contributed by atoms with Gasteiger partial charge in [-0.1, -0.05) is 25.4 Å². The van der Waals surface area contributed by atoms with Crippen LogP contribution in [0, 0.1) is 0 Å². The number of hydrogen-bond acceptors (Lipinski definition) is 2. The van der Waals surface area contributed by atoms with Gasteiger partial charge in [-0.15, -0.1) is 0 Å². The van der Waals surface area contributed by atoms with E-state index in [1.165, 1.54) is 4.68 Å². The van der Waals surface area contributed by atoms with E-state index in [4.69, 9.17) is 11.6 Å². The fraction of sp³-hybridized carbons (Fsp3) is 0.750. The van der Waals surface area contributed by atoms with Crippen LogP contribution in [0.2, 0.25) is 5.02 Å². The van der Waals surface area contributed by atoms with Gasteiger partial charge in [-0.2, -0.15) is 18.3 Å². The first-order valence-electron chi connectivity index (χ1n) is 6.31. The summed E-state index contributed by atoms with van der Waals surface area (Å²) in [6, 6.07) is -1.59. The molecule has 1 rings (SSSR count). The summed E-state index contributed by atoms with van der Waals surface area (Å²) in [4.78, 5) is 0. The second-order valence-electron chi connectivity index (χ2n) is 4.44. The summed E-state index contributed by atoms with van der Waals surface area (Å²) in [5, 5.41) is 6.99. The topological polar surface area (TPSA) is 29.9 Å². The zero-order valence-corrected chi connectivity index (χ0v) is 12.1.